The van der Waals surface area contributed by atoms with Gasteiger partial charge in [0.2, 0.25) is 0 Å². The summed E-state index contributed by atoms with van der Waals surface area (Å²) in [4.78, 5) is 7.07. The van der Waals surface area contributed by atoms with Crippen LogP contribution < -0.4 is 0 Å². The maximum absolute atomic E-state index is 13.3. The molecule has 188 valence electrons. The Morgan fingerprint density at radius 3 is 2.51 bits per heavy atom. The third kappa shape index (κ3) is 4.80. The molecule has 3 heterocycles. The second-order valence-corrected chi connectivity index (χ2v) is 10.8. The Morgan fingerprint density at radius 2 is 1.86 bits per heavy atom. The molecule has 1 aromatic heterocycles. The third-order valence-electron chi connectivity index (χ3n) is 7.69. The third-order valence-corrected chi connectivity index (χ3v) is 8.52. The van der Waals surface area contributed by atoms with Crippen molar-refractivity contribution in [1.82, 2.24) is 14.5 Å². The molecule has 3 aromatic rings. The van der Waals surface area contributed by atoms with Crippen molar-refractivity contribution in [2.24, 2.45) is 12.5 Å². The van der Waals surface area contributed by atoms with Crippen molar-refractivity contribution >= 4 is 34.2 Å². The maximum Gasteiger partial charge on any atom is 0.416 e. The average molecular weight is 526 g/mol. The van der Waals surface area contributed by atoms with Crippen LogP contribution in [0.2, 0.25) is 10.0 Å². The summed E-state index contributed by atoms with van der Waals surface area (Å²) in [5, 5.41) is 1.13. The lowest BCUT2D eigenvalue weighted by Gasteiger charge is -2.38. The highest BCUT2D eigenvalue weighted by Crippen LogP contribution is 2.40. The van der Waals surface area contributed by atoms with Crippen molar-refractivity contribution in [3.8, 4) is 0 Å². The molecule has 0 amide bonds. The molecule has 0 saturated carbocycles. The maximum atomic E-state index is 13.3. The number of aromatic nitrogens is 2. The standard InChI is InChI=1S/C26H28Cl2F3N3O/c1-16-11-18(26(29,30)31)12-21-24(16)32-22(33(21)2)13-19-20(27)4-3-17(23(19)28)14-34-8-5-25(6-9-34)7-10-35-15-25/h3-4,11-12H,5-10,13-15H2,1-2H3. The van der Waals surface area contributed by atoms with Gasteiger partial charge in [-0.2, -0.15) is 13.2 Å². The number of rotatable bonds is 4. The van der Waals surface area contributed by atoms with Gasteiger partial charge in [0.25, 0.3) is 0 Å². The number of alkyl halides is 3. The number of hydrogen-bond acceptors (Lipinski definition) is 3. The van der Waals surface area contributed by atoms with Crippen LogP contribution in [0.1, 0.15) is 47.3 Å². The van der Waals surface area contributed by atoms with Crippen LogP contribution in [0, 0.1) is 12.3 Å². The van der Waals surface area contributed by atoms with Crippen LogP contribution in [-0.4, -0.2) is 40.8 Å². The van der Waals surface area contributed by atoms with Crippen LogP contribution in [0.4, 0.5) is 13.2 Å². The van der Waals surface area contributed by atoms with E-state index >= 15 is 0 Å². The van der Waals surface area contributed by atoms with Crippen molar-refractivity contribution in [2.45, 2.75) is 45.3 Å². The molecular weight excluding hydrogens is 498 g/mol. The molecule has 2 fully saturated rings. The SMILES string of the molecule is Cc1cc(C(F)(F)F)cc2c1nc(Cc1c(Cl)ccc(CN3CCC4(CCOC4)CC3)c1Cl)n2C. The number of nitrogens with zero attached hydrogens (tertiary/aromatic N) is 3. The van der Waals surface area contributed by atoms with E-state index < -0.39 is 11.7 Å². The van der Waals surface area contributed by atoms with Gasteiger partial charge >= 0.3 is 6.18 Å². The summed E-state index contributed by atoms with van der Waals surface area (Å²) in [6, 6.07) is 6.10. The number of piperidine rings is 1. The Balaban J connectivity index is 1.39. The van der Waals surface area contributed by atoms with Gasteiger partial charge in [0.05, 0.1) is 28.2 Å². The van der Waals surface area contributed by atoms with Gasteiger partial charge in [-0.05, 0) is 79.6 Å². The Labute approximate surface area is 213 Å². The summed E-state index contributed by atoms with van der Waals surface area (Å²) in [7, 11) is 1.73. The van der Waals surface area contributed by atoms with Gasteiger partial charge in [0.1, 0.15) is 5.82 Å². The largest absolute Gasteiger partial charge is 0.416 e. The number of imidazole rings is 1. The van der Waals surface area contributed by atoms with Gasteiger partial charge < -0.3 is 9.30 Å². The molecule has 1 spiro atoms. The molecule has 0 unspecified atom stereocenters. The first-order valence-corrected chi connectivity index (χ1v) is 12.6. The fourth-order valence-corrected chi connectivity index (χ4v) is 5.95. The highest BCUT2D eigenvalue weighted by Gasteiger charge is 2.38. The van der Waals surface area contributed by atoms with Gasteiger partial charge in [-0.3, -0.25) is 4.90 Å². The van der Waals surface area contributed by atoms with Gasteiger partial charge in [-0.1, -0.05) is 29.3 Å². The first kappa shape index (κ1) is 24.9. The number of hydrogen-bond donors (Lipinski definition) is 0. The van der Waals surface area contributed by atoms with Gasteiger partial charge in [0.15, 0.2) is 0 Å². The Kier molecular flexibility index (Phi) is 6.58. The van der Waals surface area contributed by atoms with Crippen molar-refractivity contribution < 1.29 is 17.9 Å². The smallest absolute Gasteiger partial charge is 0.381 e. The molecular formula is C26H28Cl2F3N3O. The van der Waals surface area contributed by atoms with Gasteiger partial charge in [0, 0.05) is 31.6 Å². The minimum absolute atomic E-state index is 0.331. The lowest BCUT2D eigenvalue weighted by Crippen LogP contribution is -2.40. The zero-order valence-corrected chi connectivity index (χ0v) is 21.3. The van der Waals surface area contributed by atoms with Crippen LogP contribution in [0.25, 0.3) is 11.0 Å². The molecule has 0 radical (unpaired) electrons. The molecule has 4 nitrogen and oxygen atoms in total. The summed E-state index contributed by atoms with van der Waals surface area (Å²) < 4.78 is 47.3. The molecule has 2 aliphatic heterocycles. The average Bonchev–Trinajstić information content (AvgIpc) is 3.39. The molecule has 9 heteroatoms. The zero-order valence-electron chi connectivity index (χ0n) is 19.8. The molecule has 0 atom stereocenters. The van der Waals surface area contributed by atoms with E-state index in [0.717, 1.165) is 75.4 Å². The van der Waals surface area contributed by atoms with Crippen molar-refractivity contribution in [2.75, 3.05) is 26.3 Å². The zero-order chi connectivity index (χ0) is 25.0. The molecule has 2 saturated heterocycles. The predicted octanol–water partition coefficient (Wildman–Crippen LogP) is 6.80. The second kappa shape index (κ2) is 9.25. The number of fused-ring (bicyclic) bond motifs is 1. The normalized spacial score (nSPS) is 18.7. The van der Waals surface area contributed by atoms with Crippen LogP contribution >= 0.6 is 23.2 Å². The lowest BCUT2D eigenvalue weighted by molar-refractivity contribution is -0.137. The van der Waals surface area contributed by atoms with E-state index in [2.05, 4.69) is 9.88 Å². The van der Waals surface area contributed by atoms with E-state index in [4.69, 9.17) is 27.9 Å². The van der Waals surface area contributed by atoms with E-state index in [1.165, 1.54) is 0 Å². The van der Waals surface area contributed by atoms with Crippen LogP contribution in [0.5, 0.6) is 0 Å². The summed E-state index contributed by atoms with van der Waals surface area (Å²) in [5.41, 5.74) is 2.89. The molecule has 2 aliphatic rings. The van der Waals surface area contributed by atoms with Crippen molar-refractivity contribution in [3.05, 3.63) is 62.4 Å². The van der Waals surface area contributed by atoms with Crippen LogP contribution in [-0.2, 0) is 30.9 Å². The van der Waals surface area contributed by atoms with Crippen LogP contribution in [0.3, 0.4) is 0 Å². The Morgan fingerprint density at radius 1 is 1.11 bits per heavy atom. The number of benzene rings is 2. The molecule has 35 heavy (non-hydrogen) atoms. The predicted molar refractivity (Wildman–Crippen MR) is 132 cm³/mol. The topological polar surface area (TPSA) is 30.3 Å². The van der Waals surface area contributed by atoms with Gasteiger partial charge in [-0.15, -0.1) is 0 Å². The van der Waals surface area contributed by atoms with Crippen molar-refractivity contribution in [3.63, 3.8) is 0 Å². The van der Waals surface area contributed by atoms with E-state index in [0.29, 0.717) is 44.3 Å². The quantitative estimate of drug-likeness (QED) is 0.375. The Bertz CT molecular complexity index is 1260. The van der Waals surface area contributed by atoms with Crippen molar-refractivity contribution in [1.29, 1.82) is 0 Å². The van der Waals surface area contributed by atoms with Crippen LogP contribution in [0.15, 0.2) is 24.3 Å². The highest BCUT2D eigenvalue weighted by molar-refractivity contribution is 6.36. The molecule has 0 aliphatic carbocycles. The molecule has 0 N–H and O–H groups in total. The molecule has 5 rings (SSSR count). The first-order chi connectivity index (χ1) is 16.6. The fourth-order valence-electron chi connectivity index (χ4n) is 5.39. The number of likely N-dealkylation sites (tertiary alicyclic amines) is 1. The summed E-state index contributed by atoms with van der Waals surface area (Å²) in [6.07, 6.45) is -0.676. The summed E-state index contributed by atoms with van der Waals surface area (Å²) in [6.45, 7) is 6.12. The van der Waals surface area contributed by atoms with E-state index in [1.807, 2.05) is 12.1 Å². The second-order valence-electron chi connectivity index (χ2n) is 10.0. The first-order valence-electron chi connectivity index (χ1n) is 11.9. The number of aryl methyl sites for hydroxylation is 2. The van der Waals surface area contributed by atoms with Gasteiger partial charge in [-0.25, -0.2) is 4.98 Å². The van der Waals surface area contributed by atoms with E-state index in [1.54, 1.807) is 18.5 Å². The lowest BCUT2D eigenvalue weighted by atomic mass is 9.78. The minimum Gasteiger partial charge on any atom is -0.381 e. The summed E-state index contributed by atoms with van der Waals surface area (Å²) >= 11 is 13.4. The molecule has 0 bridgehead atoms. The number of ether oxygens (including phenoxy) is 1. The highest BCUT2D eigenvalue weighted by atomic mass is 35.5. The monoisotopic (exact) mass is 525 g/mol. The molecule has 2 aromatic carbocycles. The minimum atomic E-state index is -4.41. The summed E-state index contributed by atoms with van der Waals surface area (Å²) in [5.74, 6) is 0.615. The fraction of sp³-hybridized carbons (Fsp3) is 0.500. The van der Waals surface area contributed by atoms with E-state index in [9.17, 15) is 13.2 Å². The number of halogens is 5. The van der Waals surface area contributed by atoms with E-state index in [-0.39, 0.29) is 0 Å². The Hall–Kier alpha value is -1.80.